The van der Waals surface area contributed by atoms with Crippen molar-refractivity contribution in [3.63, 3.8) is 0 Å². The number of para-hydroxylation sites is 1. The lowest BCUT2D eigenvalue weighted by Crippen LogP contribution is -2.48. The molecule has 0 aromatic heterocycles. The van der Waals surface area contributed by atoms with Gasteiger partial charge in [0.1, 0.15) is 5.75 Å². The van der Waals surface area contributed by atoms with Gasteiger partial charge in [-0.1, -0.05) is 50.1 Å². The monoisotopic (exact) mass is 504 g/mol. The molecule has 0 unspecified atom stereocenters. The van der Waals surface area contributed by atoms with Gasteiger partial charge >= 0.3 is 0 Å². The number of benzene rings is 3. The normalized spacial score (nSPS) is 10.1. The van der Waals surface area contributed by atoms with Gasteiger partial charge in [0.15, 0.2) is 5.11 Å². The lowest BCUT2D eigenvalue weighted by Gasteiger charge is -2.13. The minimum absolute atomic E-state index is 0.0686. The highest BCUT2D eigenvalue weighted by molar-refractivity contribution is 7.80. The van der Waals surface area contributed by atoms with Gasteiger partial charge < -0.3 is 10.1 Å². The molecule has 0 fully saturated rings. The summed E-state index contributed by atoms with van der Waals surface area (Å²) >= 11 is 5.13. The number of nitrogens with one attached hydrogen (secondary N) is 4. The minimum atomic E-state index is -0.466. The van der Waals surface area contributed by atoms with E-state index >= 15 is 0 Å². The van der Waals surface area contributed by atoms with Crippen LogP contribution in [-0.4, -0.2) is 29.4 Å². The van der Waals surface area contributed by atoms with E-state index in [-0.39, 0.29) is 11.0 Å². The molecule has 8 nitrogen and oxygen atoms in total. The van der Waals surface area contributed by atoms with E-state index in [1.807, 2.05) is 6.07 Å². The van der Waals surface area contributed by atoms with Crippen LogP contribution in [0.2, 0.25) is 0 Å². The van der Waals surface area contributed by atoms with Crippen molar-refractivity contribution in [2.45, 2.75) is 26.2 Å². The number of amides is 3. The Bertz CT molecular complexity index is 1200. The van der Waals surface area contributed by atoms with E-state index in [0.717, 1.165) is 19.3 Å². The topological polar surface area (TPSA) is 109 Å². The summed E-state index contributed by atoms with van der Waals surface area (Å²) in [5.74, 6) is -0.695. The van der Waals surface area contributed by atoms with Crippen molar-refractivity contribution in [1.29, 1.82) is 0 Å². The number of rotatable bonds is 9. The van der Waals surface area contributed by atoms with E-state index in [1.165, 1.54) is 0 Å². The molecule has 36 heavy (non-hydrogen) atoms. The second kappa shape index (κ2) is 13.6. The van der Waals surface area contributed by atoms with Crippen LogP contribution in [0, 0.1) is 0 Å². The number of hydrazine groups is 1. The fourth-order valence-corrected chi connectivity index (χ4v) is 3.34. The maximum Gasteiger partial charge on any atom is 0.269 e. The molecule has 0 radical (unpaired) electrons. The van der Waals surface area contributed by atoms with E-state index in [2.05, 4.69) is 28.4 Å². The second-order valence-electron chi connectivity index (χ2n) is 7.81. The molecule has 0 spiro atoms. The van der Waals surface area contributed by atoms with Gasteiger partial charge in [0, 0.05) is 16.8 Å². The fraction of sp³-hybridized carbons (Fsp3) is 0.185. The third-order valence-electron chi connectivity index (χ3n) is 5.09. The molecule has 0 atom stereocenters. The van der Waals surface area contributed by atoms with Crippen LogP contribution < -0.4 is 26.2 Å². The lowest BCUT2D eigenvalue weighted by atomic mass is 10.1. The first-order chi connectivity index (χ1) is 17.5. The number of carbonyl (C=O) groups is 3. The van der Waals surface area contributed by atoms with Crippen molar-refractivity contribution in [2.75, 3.05) is 11.9 Å². The predicted molar refractivity (Wildman–Crippen MR) is 143 cm³/mol. The van der Waals surface area contributed by atoms with Gasteiger partial charge in [0.25, 0.3) is 17.7 Å². The number of unbranched alkanes of at least 4 members (excludes halogenated alkanes) is 2. The number of carbonyl (C=O) groups excluding carboxylic acids is 3. The average molecular weight is 505 g/mol. The molecule has 0 aliphatic rings. The number of ether oxygens (including phenoxy) is 1. The lowest BCUT2D eigenvalue weighted by molar-refractivity contribution is 0.0933. The van der Waals surface area contributed by atoms with Gasteiger partial charge in [-0.25, -0.2) is 0 Å². The second-order valence-corrected chi connectivity index (χ2v) is 8.22. The van der Waals surface area contributed by atoms with E-state index in [9.17, 15) is 14.4 Å². The zero-order valence-corrected chi connectivity index (χ0v) is 20.7. The highest BCUT2D eigenvalue weighted by Gasteiger charge is 2.14. The van der Waals surface area contributed by atoms with Crippen molar-refractivity contribution in [3.05, 3.63) is 95.6 Å². The van der Waals surface area contributed by atoms with Gasteiger partial charge in [-0.2, -0.15) is 0 Å². The molecule has 0 aliphatic carbocycles. The molecule has 0 bridgehead atoms. The van der Waals surface area contributed by atoms with Crippen LogP contribution in [0.3, 0.4) is 0 Å². The van der Waals surface area contributed by atoms with E-state index in [4.69, 9.17) is 17.0 Å². The summed E-state index contributed by atoms with van der Waals surface area (Å²) in [6.07, 6.45) is 3.03. The number of anilines is 1. The van der Waals surface area contributed by atoms with Crippen LogP contribution in [0.1, 0.15) is 57.3 Å². The van der Waals surface area contributed by atoms with E-state index in [1.54, 1.807) is 72.8 Å². The van der Waals surface area contributed by atoms with Crippen LogP contribution in [0.25, 0.3) is 0 Å². The van der Waals surface area contributed by atoms with Gasteiger partial charge in [-0.15, -0.1) is 0 Å². The molecule has 3 amide bonds. The Labute approximate surface area is 215 Å². The summed E-state index contributed by atoms with van der Waals surface area (Å²) in [5, 5.41) is 5.23. The zero-order valence-electron chi connectivity index (χ0n) is 19.9. The summed E-state index contributed by atoms with van der Waals surface area (Å²) in [6, 6.07) is 22.1. The summed E-state index contributed by atoms with van der Waals surface area (Å²) < 4.78 is 5.74. The molecule has 3 aromatic rings. The Morgan fingerprint density at radius 3 is 2.14 bits per heavy atom. The Balaban J connectivity index is 1.48. The van der Waals surface area contributed by atoms with Crippen LogP contribution in [0.15, 0.2) is 78.9 Å². The average Bonchev–Trinajstić information content (AvgIpc) is 2.91. The fourth-order valence-electron chi connectivity index (χ4n) is 3.20. The highest BCUT2D eigenvalue weighted by atomic mass is 32.1. The van der Waals surface area contributed by atoms with Crippen molar-refractivity contribution in [3.8, 4) is 5.75 Å². The Kier molecular flexibility index (Phi) is 9.96. The molecular weight excluding hydrogens is 476 g/mol. The number of hydrogen-bond donors (Lipinski definition) is 4. The molecular formula is C27H28N4O4S. The zero-order chi connectivity index (χ0) is 25.8. The van der Waals surface area contributed by atoms with Crippen LogP contribution in [0.4, 0.5) is 5.69 Å². The van der Waals surface area contributed by atoms with Gasteiger partial charge in [-0.05, 0) is 67.2 Å². The summed E-state index contributed by atoms with van der Waals surface area (Å²) in [4.78, 5) is 37.3. The summed E-state index contributed by atoms with van der Waals surface area (Å²) in [5.41, 5.74) is 6.72. The summed E-state index contributed by atoms with van der Waals surface area (Å²) in [6.45, 7) is 2.63. The quantitative estimate of drug-likeness (QED) is 0.195. The van der Waals surface area contributed by atoms with E-state index < -0.39 is 11.8 Å². The molecule has 186 valence electrons. The summed E-state index contributed by atoms with van der Waals surface area (Å²) in [7, 11) is 0. The third-order valence-corrected chi connectivity index (χ3v) is 5.30. The third kappa shape index (κ3) is 7.92. The van der Waals surface area contributed by atoms with Crippen molar-refractivity contribution >= 4 is 40.7 Å². The SMILES string of the molecule is CCCCCOc1ccccc1C(=O)NC(=S)NNC(=O)c1ccc(NC(=O)c2ccccc2)cc1. The Morgan fingerprint density at radius 1 is 0.750 bits per heavy atom. The van der Waals surface area contributed by atoms with Gasteiger partial charge in [-0.3, -0.25) is 30.6 Å². The first-order valence-corrected chi connectivity index (χ1v) is 12.0. The molecule has 0 saturated heterocycles. The number of hydrogen-bond acceptors (Lipinski definition) is 5. The molecule has 9 heteroatoms. The number of thiocarbonyl (C=S) groups is 1. The van der Waals surface area contributed by atoms with Crippen molar-refractivity contribution in [1.82, 2.24) is 16.2 Å². The smallest absolute Gasteiger partial charge is 0.269 e. The van der Waals surface area contributed by atoms with Crippen LogP contribution >= 0.6 is 12.2 Å². The minimum Gasteiger partial charge on any atom is -0.493 e. The maximum absolute atomic E-state index is 12.6. The molecule has 0 heterocycles. The van der Waals surface area contributed by atoms with E-state index in [0.29, 0.717) is 34.7 Å². The first kappa shape index (κ1) is 26.4. The van der Waals surface area contributed by atoms with Gasteiger partial charge in [0.05, 0.1) is 12.2 Å². The Hall–Kier alpha value is -4.24. The molecule has 3 aromatic carbocycles. The molecule has 0 aliphatic heterocycles. The molecule has 0 saturated carbocycles. The predicted octanol–water partition coefficient (Wildman–Crippen LogP) is 4.46. The van der Waals surface area contributed by atoms with Crippen LogP contribution in [0.5, 0.6) is 5.75 Å². The molecule has 3 rings (SSSR count). The highest BCUT2D eigenvalue weighted by Crippen LogP contribution is 2.18. The van der Waals surface area contributed by atoms with Crippen molar-refractivity contribution in [2.24, 2.45) is 0 Å². The van der Waals surface area contributed by atoms with Crippen molar-refractivity contribution < 1.29 is 19.1 Å². The first-order valence-electron chi connectivity index (χ1n) is 11.6. The Morgan fingerprint density at radius 2 is 1.42 bits per heavy atom. The van der Waals surface area contributed by atoms with Gasteiger partial charge in [0.2, 0.25) is 0 Å². The standard InChI is InChI=1S/C27H28N4O4S/c1-2-3-9-18-35-23-13-8-7-12-22(23)26(34)29-27(36)31-30-25(33)20-14-16-21(17-15-20)28-24(32)19-10-5-4-6-11-19/h4-8,10-17H,2-3,9,18H2,1H3,(H,28,32)(H,30,33)(H2,29,31,34,36). The van der Waals surface area contributed by atoms with Crippen LogP contribution in [-0.2, 0) is 0 Å². The largest absolute Gasteiger partial charge is 0.493 e. The molecule has 4 N–H and O–H groups in total. The maximum atomic E-state index is 12.6.